The number of halogens is 3. The molecule has 1 aliphatic rings. The maximum Gasteiger partial charge on any atom is 0.261 e. The molecule has 8 heteroatoms. The third kappa shape index (κ3) is 8.35. The van der Waals surface area contributed by atoms with Gasteiger partial charge in [-0.2, -0.15) is 0 Å². The number of nitrogens with zero attached hydrogens (tertiary/aromatic N) is 1. The van der Waals surface area contributed by atoms with Crippen molar-refractivity contribution in [3.8, 4) is 5.75 Å². The Bertz CT molecular complexity index is 1220. The Morgan fingerprint density at radius 3 is 2.32 bits per heavy atom. The second-order valence-corrected chi connectivity index (χ2v) is 11.6. The Hall–Kier alpha value is -2.29. The van der Waals surface area contributed by atoms with Crippen molar-refractivity contribution in [3.63, 3.8) is 0 Å². The second kappa shape index (κ2) is 14.2. The van der Waals surface area contributed by atoms with Gasteiger partial charge >= 0.3 is 0 Å². The second-order valence-electron chi connectivity index (χ2n) is 9.56. The molecule has 1 aliphatic carbocycles. The zero-order valence-electron chi connectivity index (χ0n) is 21.0. The van der Waals surface area contributed by atoms with Crippen molar-refractivity contribution in [1.29, 1.82) is 0 Å². The molecule has 0 unspecified atom stereocenters. The first-order valence-electron chi connectivity index (χ1n) is 12.8. The number of carbonyl (C=O) groups excluding carboxylic acids is 2. The van der Waals surface area contributed by atoms with E-state index in [1.165, 1.54) is 6.42 Å². The first-order valence-corrected chi connectivity index (χ1v) is 14.7. The van der Waals surface area contributed by atoms with Gasteiger partial charge in [-0.1, -0.05) is 78.9 Å². The lowest BCUT2D eigenvalue weighted by atomic mass is 9.94. The van der Waals surface area contributed by atoms with E-state index in [0.717, 1.165) is 40.4 Å². The molecule has 0 radical (unpaired) electrons. The van der Waals surface area contributed by atoms with Crippen molar-refractivity contribution in [2.24, 2.45) is 0 Å². The third-order valence-electron chi connectivity index (χ3n) is 6.74. The number of hydrogen-bond donors (Lipinski definition) is 1. The van der Waals surface area contributed by atoms with Gasteiger partial charge in [0.05, 0.1) is 10.0 Å². The summed E-state index contributed by atoms with van der Waals surface area (Å²) < 4.78 is 6.91. The fourth-order valence-corrected chi connectivity index (χ4v) is 5.37. The Kier molecular flexibility index (Phi) is 10.7. The monoisotopic (exact) mass is 664 g/mol. The summed E-state index contributed by atoms with van der Waals surface area (Å²) >= 11 is 14.7. The molecule has 1 saturated carbocycles. The normalized spacial score (nSPS) is 14.5. The topological polar surface area (TPSA) is 58.6 Å². The highest BCUT2D eigenvalue weighted by Gasteiger charge is 2.32. The van der Waals surface area contributed by atoms with Crippen LogP contribution in [0.1, 0.15) is 43.2 Å². The van der Waals surface area contributed by atoms with Crippen molar-refractivity contribution in [3.05, 3.63) is 97.5 Å². The highest BCUT2D eigenvalue weighted by molar-refractivity contribution is 14.1. The van der Waals surface area contributed by atoms with E-state index in [-0.39, 0.29) is 31.0 Å². The van der Waals surface area contributed by atoms with Crippen LogP contribution in [0.15, 0.2) is 72.8 Å². The van der Waals surface area contributed by atoms with Crippen LogP contribution in [0.4, 0.5) is 0 Å². The fraction of sp³-hybridized carbons (Fsp3) is 0.333. The van der Waals surface area contributed by atoms with Crippen molar-refractivity contribution < 1.29 is 14.3 Å². The van der Waals surface area contributed by atoms with Gasteiger partial charge in [0, 0.05) is 22.6 Å². The largest absolute Gasteiger partial charge is 0.484 e. The van der Waals surface area contributed by atoms with E-state index in [1.54, 1.807) is 17.0 Å². The van der Waals surface area contributed by atoms with Gasteiger partial charge in [0.2, 0.25) is 5.91 Å². The molecule has 1 atom stereocenters. The first kappa shape index (κ1) is 28.7. The van der Waals surface area contributed by atoms with Crippen LogP contribution in [-0.2, 0) is 22.6 Å². The fourth-order valence-electron chi connectivity index (χ4n) is 4.69. The predicted octanol–water partition coefficient (Wildman–Crippen LogP) is 7.07. The molecule has 38 heavy (non-hydrogen) atoms. The van der Waals surface area contributed by atoms with Crippen LogP contribution in [0.3, 0.4) is 0 Å². The van der Waals surface area contributed by atoms with Crippen molar-refractivity contribution in [1.82, 2.24) is 10.2 Å². The van der Waals surface area contributed by atoms with Crippen LogP contribution in [0.25, 0.3) is 0 Å². The summed E-state index contributed by atoms with van der Waals surface area (Å²) in [6, 6.07) is 21.9. The summed E-state index contributed by atoms with van der Waals surface area (Å²) in [6.45, 7) is 0.00523. The summed E-state index contributed by atoms with van der Waals surface area (Å²) in [5, 5.41) is 4.08. The van der Waals surface area contributed by atoms with E-state index in [9.17, 15) is 9.59 Å². The van der Waals surface area contributed by atoms with E-state index in [1.807, 2.05) is 60.7 Å². The number of benzene rings is 3. The lowest BCUT2D eigenvalue weighted by molar-refractivity contribution is -0.143. The maximum atomic E-state index is 13.8. The molecule has 5 nitrogen and oxygen atoms in total. The number of nitrogens with one attached hydrogen (secondary N) is 1. The highest BCUT2D eigenvalue weighted by atomic mass is 127. The Morgan fingerprint density at radius 1 is 0.921 bits per heavy atom. The molecule has 0 aromatic heterocycles. The van der Waals surface area contributed by atoms with Gasteiger partial charge in [-0.3, -0.25) is 9.59 Å². The van der Waals surface area contributed by atoms with Crippen molar-refractivity contribution in [2.75, 3.05) is 6.61 Å². The SMILES string of the molecule is O=C(NC1CCCCC1)[C@H](Cc1ccccc1)N(Cc1ccc(Cl)c(Cl)c1)C(=O)COc1ccc(I)cc1. The van der Waals surface area contributed by atoms with Crippen molar-refractivity contribution in [2.45, 2.75) is 57.2 Å². The summed E-state index contributed by atoms with van der Waals surface area (Å²) in [5.41, 5.74) is 1.76. The Morgan fingerprint density at radius 2 is 1.63 bits per heavy atom. The number of rotatable bonds is 10. The minimum atomic E-state index is -0.721. The highest BCUT2D eigenvalue weighted by Crippen LogP contribution is 2.25. The van der Waals surface area contributed by atoms with Gasteiger partial charge in [0.15, 0.2) is 6.61 Å². The Labute approximate surface area is 248 Å². The molecule has 0 spiro atoms. The molecule has 0 aliphatic heterocycles. The molecule has 200 valence electrons. The van der Waals surface area contributed by atoms with Gasteiger partial charge < -0.3 is 15.0 Å². The number of ether oxygens (including phenoxy) is 1. The smallest absolute Gasteiger partial charge is 0.261 e. The third-order valence-corrected chi connectivity index (χ3v) is 8.19. The number of carbonyl (C=O) groups is 2. The lowest BCUT2D eigenvalue weighted by Gasteiger charge is -2.33. The summed E-state index contributed by atoms with van der Waals surface area (Å²) in [6.07, 6.45) is 5.70. The molecule has 0 bridgehead atoms. The van der Waals surface area contributed by atoms with Gasteiger partial charge in [-0.15, -0.1) is 0 Å². The molecule has 1 fully saturated rings. The molecule has 0 saturated heterocycles. The van der Waals surface area contributed by atoms with Crippen molar-refractivity contribution >= 4 is 57.6 Å². The molecular formula is C30H31Cl2IN2O3. The summed E-state index contributed by atoms with van der Waals surface area (Å²) in [5.74, 6) is 0.164. The van der Waals surface area contributed by atoms with Gasteiger partial charge in [0.25, 0.3) is 5.91 Å². The number of hydrogen-bond acceptors (Lipinski definition) is 3. The minimum absolute atomic E-state index is 0.125. The quantitative estimate of drug-likeness (QED) is 0.236. The van der Waals surface area contributed by atoms with E-state index in [0.29, 0.717) is 22.2 Å². The lowest BCUT2D eigenvalue weighted by Crippen LogP contribution is -2.53. The van der Waals surface area contributed by atoms with E-state index < -0.39 is 6.04 Å². The minimum Gasteiger partial charge on any atom is -0.484 e. The Balaban J connectivity index is 1.62. The molecule has 0 heterocycles. The molecule has 4 rings (SSSR count). The molecule has 3 aromatic carbocycles. The zero-order valence-corrected chi connectivity index (χ0v) is 24.7. The maximum absolute atomic E-state index is 13.8. The average Bonchev–Trinajstić information content (AvgIpc) is 2.93. The molecule has 2 amide bonds. The van der Waals surface area contributed by atoms with Crippen LogP contribution in [0, 0.1) is 3.57 Å². The molecule has 1 N–H and O–H groups in total. The van der Waals surface area contributed by atoms with Gasteiger partial charge in [0.1, 0.15) is 11.8 Å². The van der Waals surface area contributed by atoms with E-state index >= 15 is 0 Å². The van der Waals surface area contributed by atoms with Crippen LogP contribution in [0.5, 0.6) is 5.75 Å². The summed E-state index contributed by atoms with van der Waals surface area (Å²) in [4.78, 5) is 29.1. The van der Waals surface area contributed by atoms with Gasteiger partial charge in [-0.05, 0) is 83.0 Å². The summed E-state index contributed by atoms with van der Waals surface area (Å²) in [7, 11) is 0. The average molecular weight is 665 g/mol. The molecule has 3 aromatic rings. The molecular weight excluding hydrogens is 634 g/mol. The number of amides is 2. The van der Waals surface area contributed by atoms with Crippen LogP contribution >= 0.6 is 45.8 Å². The first-order chi connectivity index (χ1) is 18.4. The predicted molar refractivity (Wildman–Crippen MR) is 161 cm³/mol. The van der Waals surface area contributed by atoms with Crippen LogP contribution in [0.2, 0.25) is 10.0 Å². The van der Waals surface area contributed by atoms with E-state index in [4.69, 9.17) is 27.9 Å². The zero-order chi connectivity index (χ0) is 26.9. The van der Waals surface area contributed by atoms with Crippen LogP contribution < -0.4 is 10.1 Å². The van der Waals surface area contributed by atoms with E-state index in [2.05, 4.69) is 27.9 Å². The standard InChI is InChI=1S/C30H31Cl2IN2O3/c31-26-16-11-22(17-27(26)32)19-35(29(36)20-38-25-14-12-23(33)13-15-25)28(18-21-7-3-1-4-8-21)30(37)34-24-9-5-2-6-10-24/h1,3-4,7-8,11-17,24,28H,2,5-6,9-10,18-20H2,(H,34,37)/t28-/m0/s1. The van der Waals surface area contributed by atoms with Gasteiger partial charge in [-0.25, -0.2) is 0 Å². The van der Waals surface area contributed by atoms with Crippen LogP contribution in [-0.4, -0.2) is 35.4 Å².